The average Bonchev–Trinajstić information content (AvgIpc) is 3.20. The Hall–Kier alpha value is -3.30. The lowest BCUT2D eigenvalue weighted by Crippen LogP contribution is -2.44. The molecule has 1 unspecified atom stereocenters. The average molecular weight is 481 g/mol. The number of hydrogen-bond acceptors (Lipinski definition) is 6. The number of carbonyl (C=O) groups excluding carboxylic acids is 1. The smallest absolute Gasteiger partial charge is 0.248 e. The van der Waals surface area contributed by atoms with Crippen LogP contribution in [-0.2, 0) is 14.8 Å². The molecule has 1 atom stereocenters. The number of carbonyl (C=O) groups is 1. The van der Waals surface area contributed by atoms with Gasteiger partial charge >= 0.3 is 0 Å². The minimum atomic E-state index is -3.91. The number of nitrogens with zero attached hydrogens (tertiary/aromatic N) is 3. The Bertz CT molecular complexity index is 1310. The van der Waals surface area contributed by atoms with Crippen LogP contribution in [-0.4, -0.2) is 41.9 Å². The number of aromatic nitrogens is 2. The fourth-order valence-corrected chi connectivity index (χ4v) is 5.77. The molecule has 1 saturated heterocycles. The third-order valence-corrected chi connectivity index (χ3v) is 7.85. The molecule has 0 radical (unpaired) electrons. The SMILES string of the molecule is Cc1ccc(/C=C/c2onc(C)c2S(=O)(=O)N2CCCC(C(=O)Nc3cccc(C)n3)C2)cc1. The third kappa shape index (κ3) is 5.26. The van der Waals surface area contributed by atoms with Crippen molar-refractivity contribution in [1.82, 2.24) is 14.4 Å². The Kier molecular flexibility index (Phi) is 6.95. The summed E-state index contributed by atoms with van der Waals surface area (Å²) < 4.78 is 33.8. The van der Waals surface area contributed by atoms with E-state index in [1.807, 2.05) is 50.2 Å². The van der Waals surface area contributed by atoms with Gasteiger partial charge in [0.1, 0.15) is 11.5 Å². The standard InChI is InChI=1S/C25H28N4O4S/c1-17-9-11-20(12-10-17)13-14-22-24(19(3)28-33-22)34(31,32)29-15-5-7-21(16-29)25(30)27-23-8-4-6-18(2)26-23/h4,6,8-14,21H,5,7,15-16H2,1-3H3,(H,26,27,30)/b14-13+. The van der Waals surface area contributed by atoms with Crippen LogP contribution >= 0.6 is 0 Å². The predicted molar refractivity (Wildman–Crippen MR) is 130 cm³/mol. The van der Waals surface area contributed by atoms with Crippen LogP contribution < -0.4 is 5.32 Å². The van der Waals surface area contributed by atoms with Crippen LogP contribution in [0.1, 0.15) is 41.1 Å². The van der Waals surface area contributed by atoms with E-state index in [9.17, 15) is 13.2 Å². The highest BCUT2D eigenvalue weighted by Gasteiger charge is 2.37. The summed E-state index contributed by atoms with van der Waals surface area (Å²) in [6.45, 7) is 5.88. The van der Waals surface area contributed by atoms with Crippen molar-refractivity contribution in [3.63, 3.8) is 0 Å². The Morgan fingerprint density at radius 2 is 1.88 bits per heavy atom. The van der Waals surface area contributed by atoms with Crippen LogP contribution in [0.25, 0.3) is 12.2 Å². The molecule has 9 heteroatoms. The number of nitrogens with one attached hydrogen (secondary N) is 1. The van der Waals surface area contributed by atoms with E-state index >= 15 is 0 Å². The van der Waals surface area contributed by atoms with Crippen molar-refractivity contribution in [2.45, 2.75) is 38.5 Å². The van der Waals surface area contributed by atoms with Crippen molar-refractivity contribution < 1.29 is 17.7 Å². The molecule has 2 aromatic heterocycles. The molecule has 3 aromatic rings. The maximum atomic E-state index is 13.6. The van der Waals surface area contributed by atoms with Gasteiger partial charge in [-0.25, -0.2) is 13.4 Å². The van der Waals surface area contributed by atoms with Gasteiger partial charge in [0.05, 0.1) is 5.92 Å². The Morgan fingerprint density at radius 3 is 2.62 bits per heavy atom. The fourth-order valence-electron chi connectivity index (χ4n) is 3.99. The van der Waals surface area contributed by atoms with E-state index in [0.29, 0.717) is 30.9 Å². The summed E-state index contributed by atoms with van der Waals surface area (Å²) in [5, 5.41) is 6.71. The molecule has 1 aromatic carbocycles. The third-order valence-electron chi connectivity index (χ3n) is 5.83. The highest BCUT2D eigenvalue weighted by atomic mass is 32.2. The van der Waals surface area contributed by atoms with Gasteiger partial charge in [-0.1, -0.05) is 47.1 Å². The van der Waals surface area contributed by atoms with Crippen LogP contribution in [0.3, 0.4) is 0 Å². The lowest BCUT2D eigenvalue weighted by atomic mass is 9.99. The zero-order valence-electron chi connectivity index (χ0n) is 19.5. The second-order valence-corrected chi connectivity index (χ2v) is 10.4. The van der Waals surface area contributed by atoms with Gasteiger partial charge in [0.15, 0.2) is 10.7 Å². The maximum Gasteiger partial charge on any atom is 0.248 e. The minimum absolute atomic E-state index is 0.0391. The topological polar surface area (TPSA) is 105 Å². The Balaban J connectivity index is 1.53. The molecule has 0 aliphatic carbocycles. The van der Waals surface area contributed by atoms with E-state index in [-0.39, 0.29) is 23.1 Å². The fraction of sp³-hybridized carbons (Fsp3) is 0.320. The Morgan fingerprint density at radius 1 is 1.12 bits per heavy atom. The van der Waals surface area contributed by atoms with E-state index in [1.54, 1.807) is 25.1 Å². The number of anilines is 1. The number of aryl methyl sites for hydroxylation is 3. The van der Waals surface area contributed by atoms with Gasteiger partial charge in [0.25, 0.3) is 0 Å². The van der Waals surface area contributed by atoms with Crippen molar-refractivity contribution in [2.24, 2.45) is 5.92 Å². The van der Waals surface area contributed by atoms with E-state index in [0.717, 1.165) is 16.8 Å². The molecule has 0 bridgehead atoms. The van der Waals surface area contributed by atoms with Crippen molar-refractivity contribution in [1.29, 1.82) is 0 Å². The maximum absolute atomic E-state index is 13.6. The first-order valence-electron chi connectivity index (χ1n) is 11.2. The molecule has 1 amide bonds. The monoisotopic (exact) mass is 480 g/mol. The molecular formula is C25H28N4O4S. The van der Waals surface area contributed by atoms with Crippen molar-refractivity contribution in [3.8, 4) is 0 Å². The summed E-state index contributed by atoms with van der Waals surface area (Å²) in [5.74, 6) is -0.0749. The number of pyridine rings is 1. The largest absolute Gasteiger partial charge is 0.355 e. The number of hydrogen-bond donors (Lipinski definition) is 1. The lowest BCUT2D eigenvalue weighted by molar-refractivity contribution is -0.120. The quantitative estimate of drug-likeness (QED) is 0.567. The van der Waals surface area contributed by atoms with Crippen LogP contribution in [0, 0.1) is 26.7 Å². The first-order chi connectivity index (χ1) is 16.2. The number of benzene rings is 1. The highest BCUT2D eigenvalue weighted by molar-refractivity contribution is 7.89. The van der Waals surface area contributed by atoms with Gasteiger partial charge in [0, 0.05) is 18.8 Å². The van der Waals surface area contributed by atoms with Crippen molar-refractivity contribution in [3.05, 3.63) is 70.7 Å². The zero-order chi connectivity index (χ0) is 24.3. The first kappa shape index (κ1) is 23.8. The molecule has 0 saturated carbocycles. The molecule has 1 N–H and O–H groups in total. The van der Waals surface area contributed by atoms with Crippen LogP contribution in [0.4, 0.5) is 5.82 Å². The molecule has 1 aliphatic heterocycles. The summed E-state index contributed by atoms with van der Waals surface area (Å²) >= 11 is 0. The second kappa shape index (κ2) is 9.90. The van der Waals surface area contributed by atoms with E-state index < -0.39 is 15.9 Å². The summed E-state index contributed by atoms with van der Waals surface area (Å²) in [4.78, 5) is 17.2. The van der Waals surface area contributed by atoms with Gasteiger partial charge in [-0.3, -0.25) is 4.79 Å². The zero-order valence-corrected chi connectivity index (χ0v) is 20.3. The Labute approximate surface area is 199 Å². The van der Waals surface area contributed by atoms with Gasteiger partial charge in [-0.2, -0.15) is 4.31 Å². The van der Waals surface area contributed by atoms with Crippen LogP contribution in [0.5, 0.6) is 0 Å². The minimum Gasteiger partial charge on any atom is -0.355 e. The molecular weight excluding hydrogens is 452 g/mol. The van der Waals surface area contributed by atoms with Gasteiger partial charge in [-0.05, 0) is 57.4 Å². The van der Waals surface area contributed by atoms with Gasteiger partial charge < -0.3 is 9.84 Å². The van der Waals surface area contributed by atoms with Crippen molar-refractivity contribution in [2.75, 3.05) is 18.4 Å². The molecule has 8 nitrogen and oxygen atoms in total. The lowest BCUT2D eigenvalue weighted by Gasteiger charge is -2.31. The van der Waals surface area contributed by atoms with Crippen LogP contribution in [0.2, 0.25) is 0 Å². The van der Waals surface area contributed by atoms with Crippen LogP contribution in [0.15, 0.2) is 51.9 Å². The molecule has 1 aliphatic rings. The summed E-state index contributed by atoms with van der Waals surface area (Å²) in [6.07, 6.45) is 4.60. The van der Waals surface area contributed by atoms with Gasteiger partial charge in [0.2, 0.25) is 15.9 Å². The molecule has 3 heterocycles. The number of rotatable bonds is 6. The summed E-state index contributed by atoms with van der Waals surface area (Å²) in [5.41, 5.74) is 3.14. The van der Waals surface area contributed by atoms with Gasteiger partial charge in [-0.15, -0.1) is 0 Å². The summed E-state index contributed by atoms with van der Waals surface area (Å²) in [7, 11) is -3.91. The van der Waals surface area contributed by atoms with E-state index in [2.05, 4.69) is 15.5 Å². The number of amides is 1. The number of piperidine rings is 1. The molecule has 1 fully saturated rings. The normalized spacial score (nSPS) is 17.2. The second-order valence-electron chi connectivity index (χ2n) is 8.56. The van der Waals surface area contributed by atoms with E-state index in [4.69, 9.17) is 4.52 Å². The number of sulfonamides is 1. The van der Waals surface area contributed by atoms with Crippen molar-refractivity contribution >= 4 is 33.9 Å². The summed E-state index contributed by atoms with van der Waals surface area (Å²) in [6, 6.07) is 13.2. The predicted octanol–water partition coefficient (Wildman–Crippen LogP) is 4.20. The molecule has 178 valence electrons. The molecule has 34 heavy (non-hydrogen) atoms. The molecule has 4 rings (SSSR count). The van der Waals surface area contributed by atoms with E-state index in [1.165, 1.54) is 4.31 Å². The first-order valence-corrected chi connectivity index (χ1v) is 12.6. The highest BCUT2D eigenvalue weighted by Crippen LogP contribution is 2.29. The molecule has 0 spiro atoms.